The third-order valence-electron chi connectivity index (χ3n) is 2.53. The fourth-order valence-corrected chi connectivity index (χ4v) is 1.88. The quantitative estimate of drug-likeness (QED) is 0.548. The monoisotopic (exact) mass is 374 g/mol. The zero-order chi connectivity index (χ0) is 9.54. The summed E-state index contributed by atoms with van der Waals surface area (Å²) in [6, 6.07) is 15.2. The Morgan fingerprint density at radius 3 is 2.73 bits per heavy atom. The molecule has 1 nitrogen and oxygen atoms in total. The van der Waals surface area contributed by atoms with Crippen LogP contribution in [0.3, 0.4) is 0 Å². The summed E-state index contributed by atoms with van der Waals surface area (Å²) in [7, 11) is 0. The molecule has 0 atom stereocenters. The molecule has 0 amide bonds. The van der Waals surface area contributed by atoms with Crippen molar-refractivity contribution in [1.29, 1.82) is 0 Å². The van der Waals surface area contributed by atoms with Crippen molar-refractivity contribution in [2.24, 2.45) is 0 Å². The topological polar surface area (TPSA) is 13.1 Å². The van der Waals surface area contributed by atoms with Crippen molar-refractivity contribution in [2.45, 2.75) is 6.92 Å². The standard InChI is InChI=1S/C13H9O.Ir/c1-9-5-4-8-12-13(9)10-6-2-3-7-11(10)14-12;/h2-4,6-8H,1H3;/q-1;. The fraction of sp³-hybridized carbons (Fsp3) is 0.0769. The average Bonchev–Trinajstić information content (AvgIpc) is 2.57. The Labute approximate surface area is 101 Å². The van der Waals surface area contributed by atoms with Gasteiger partial charge in [0.1, 0.15) is 5.58 Å². The van der Waals surface area contributed by atoms with Gasteiger partial charge in [-0.3, -0.25) is 0 Å². The van der Waals surface area contributed by atoms with Gasteiger partial charge in [0.05, 0.1) is 0 Å². The van der Waals surface area contributed by atoms with Gasteiger partial charge in [0.2, 0.25) is 0 Å². The van der Waals surface area contributed by atoms with Gasteiger partial charge in [-0.25, -0.2) is 0 Å². The second-order valence-electron chi connectivity index (χ2n) is 3.44. The summed E-state index contributed by atoms with van der Waals surface area (Å²) >= 11 is 0. The van der Waals surface area contributed by atoms with E-state index in [0.29, 0.717) is 0 Å². The molecule has 0 unspecified atom stereocenters. The van der Waals surface area contributed by atoms with Crippen molar-refractivity contribution in [2.75, 3.05) is 0 Å². The Morgan fingerprint density at radius 2 is 1.87 bits per heavy atom. The number of furan rings is 1. The van der Waals surface area contributed by atoms with Gasteiger partial charge < -0.3 is 4.42 Å². The molecule has 0 spiro atoms. The first-order valence-electron chi connectivity index (χ1n) is 4.65. The molecule has 1 heterocycles. The van der Waals surface area contributed by atoms with Crippen LogP contribution in [0.15, 0.2) is 40.8 Å². The Morgan fingerprint density at radius 1 is 1.07 bits per heavy atom. The summed E-state index contributed by atoms with van der Waals surface area (Å²) in [6.07, 6.45) is 0. The molecule has 0 aliphatic rings. The molecule has 77 valence electrons. The maximum Gasteiger partial charge on any atom is 0.120 e. The van der Waals surface area contributed by atoms with E-state index in [1.54, 1.807) is 0 Å². The normalized spacial score (nSPS) is 10.5. The van der Waals surface area contributed by atoms with Crippen LogP contribution in [0.2, 0.25) is 0 Å². The van der Waals surface area contributed by atoms with Crippen LogP contribution in [0, 0.1) is 13.0 Å². The molecule has 1 radical (unpaired) electrons. The zero-order valence-corrected chi connectivity index (χ0v) is 10.6. The van der Waals surface area contributed by atoms with Gasteiger partial charge >= 0.3 is 0 Å². The molecule has 0 bridgehead atoms. The van der Waals surface area contributed by atoms with E-state index in [9.17, 15) is 0 Å². The van der Waals surface area contributed by atoms with Gasteiger partial charge in [-0.05, 0) is 11.5 Å². The van der Waals surface area contributed by atoms with Crippen molar-refractivity contribution in [3.05, 3.63) is 48.0 Å². The first-order chi connectivity index (χ1) is 6.86. The van der Waals surface area contributed by atoms with E-state index in [2.05, 4.69) is 19.1 Å². The smallest absolute Gasteiger partial charge is 0.120 e. The van der Waals surface area contributed by atoms with E-state index in [-0.39, 0.29) is 20.1 Å². The largest absolute Gasteiger partial charge is 0.483 e. The maximum absolute atomic E-state index is 5.71. The second-order valence-corrected chi connectivity index (χ2v) is 3.44. The predicted octanol–water partition coefficient (Wildman–Crippen LogP) is 3.69. The number of para-hydroxylation sites is 1. The summed E-state index contributed by atoms with van der Waals surface area (Å²) in [6.45, 7) is 2.06. The van der Waals surface area contributed by atoms with Crippen molar-refractivity contribution in [1.82, 2.24) is 0 Å². The summed E-state index contributed by atoms with van der Waals surface area (Å²) in [5.41, 5.74) is 3.04. The Hall–Kier alpha value is -1.11. The number of hydrogen-bond donors (Lipinski definition) is 0. The average molecular weight is 373 g/mol. The molecule has 15 heavy (non-hydrogen) atoms. The van der Waals surface area contributed by atoms with Gasteiger partial charge in [0, 0.05) is 25.7 Å². The third-order valence-corrected chi connectivity index (χ3v) is 2.53. The van der Waals surface area contributed by atoms with E-state index in [1.165, 1.54) is 10.8 Å². The van der Waals surface area contributed by atoms with Crippen molar-refractivity contribution in [3.63, 3.8) is 0 Å². The van der Waals surface area contributed by atoms with Crippen molar-refractivity contribution >= 4 is 21.9 Å². The van der Waals surface area contributed by atoms with Crippen LogP contribution in [0.4, 0.5) is 0 Å². The van der Waals surface area contributed by atoms with Crippen LogP contribution >= 0.6 is 0 Å². The number of rotatable bonds is 0. The number of aryl methyl sites for hydroxylation is 1. The first kappa shape index (κ1) is 10.4. The van der Waals surface area contributed by atoms with E-state index in [1.807, 2.05) is 30.3 Å². The summed E-state index contributed by atoms with van der Waals surface area (Å²) in [5, 5.41) is 2.36. The van der Waals surface area contributed by atoms with Crippen molar-refractivity contribution in [3.8, 4) is 0 Å². The maximum atomic E-state index is 5.71. The van der Waals surface area contributed by atoms with Crippen LogP contribution in [0.25, 0.3) is 21.9 Å². The molecule has 2 aromatic carbocycles. The molecule has 2 heteroatoms. The molecule has 0 N–H and O–H groups in total. The van der Waals surface area contributed by atoms with Crippen LogP contribution in [0.1, 0.15) is 5.56 Å². The molecule has 0 aliphatic carbocycles. The van der Waals surface area contributed by atoms with Gasteiger partial charge in [0.15, 0.2) is 0 Å². The zero-order valence-electron chi connectivity index (χ0n) is 8.21. The molecule has 0 saturated heterocycles. The van der Waals surface area contributed by atoms with Gasteiger partial charge in [-0.2, -0.15) is 17.7 Å². The molecule has 1 aromatic heterocycles. The fourth-order valence-electron chi connectivity index (χ4n) is 1.88. The van der Waals surface area contributed by atoms with Crippen LogP contribution in [0.5, 0.6) is 0 Å². The van der Waals surface area contributed by atoms with Gasteiger partial charge in [-0.15, -0.1) is 6.07 Å². The molecular formula is C13H9IrO-. The first-order valence-corrected chi connectivity index (χ1v) is 4.65. The Balaban J connectivity index is 0.000000853. The molecule has 3 aromatic rings. The minimum atomic E-state index is 0. The molecule has 3 rings (SSSR count). The summed E-state index contributed by atoms with van der Waals surface area (Å²) in [5.74, 6) is 0. The number of hydrogen-bond acceptors (Lipinski definition) is 1. The Bertz CT molecular complexity index is 610. The third kappa shape index (κ3) is 1.50. The molecule has 0 aliphatic heterocycles. The van der Waals surface area contributed by atoms with Gasteiger partial charge in [0.25, 0.3) is 0 Å². The SMILES string of the molecule is Cc1[c-]ccc2oc3ccccc3c12.[Ir]. The van der Waals surface area contributed by atoms with E-state index < -0.39 is 0 Å². The van der Waals surface area contributed by atoms with Crippen LogP contribution in [-0.4, -0.2) is 0 Å². The van der Waals surface area contributed by atoms with E-state index in [0.717, 1.165) is 16.7 Å². The number of benzene rings is 2. The molecule has 0 fully saturated rings. The second kappa shape index (κ2) is 3.80. The molecule has 0 saturated carbocycles. The van der Waals surface area contributed by atoms with E-state index >= 15 is 0 Å². The van der Waals surface area contributed by atoms with Crippen molar-refractivity contribution < 1.29 is 24.5 Å². The minimum Gasteiger partial charge on any atom is -0.483 e. The van der Waals surface area contributed by atoms with Crippen LogP contribution in [-0.2, 0) is 20.1 Å². The number of fused-ring (bicyclic) bond motifs is 3. The summed E-state index contributed by atoms with van der Waals surface area (Å²) in [4.78, 5) is 0. The molecular weight excluding hydrogens is 364 g/mol. The Kier molecular flexibility index (Phi) is 2.64. The van der Waals surface area contributed by atoms with E-state index in [4.69, 9.17) is 4.42 Å². The van der Waals surface area contributed by atoms with Gasteiger partial charge in [-0.1, -0.05) is 30.5 Å². The van der Waals surface area contributed by atoms with Crippen LogP contribution < -0.4 is 0 Å². The summed E-state index contributed by atoms with van der Waals surface area (Å²) < 4.78 is 5.71. The predicted molar refractivity (Wildman–Crippen MR) is 57.3 cm³/mol. The minimum absolute atomic E-state index is 0.